The number of amides is 1. The zero-order chi connectivity index (χ0) is 17.9. The van der Waals surface area contributed by atoms with Crippen molar-refractivity contribution in [1.82, 2.24) is 19.5 Å². The van der Waals surface area contributed by atoms with Gasteiger partial charge in [-0.3, -0.25) is 9.78 Å². The number of nitrogens with zero attached hydrogens (tertiary/aromatic N) is 5. The van der Waals surface area contributed by atoms with E-state index in [9.17, 15) is 4.79 Å². The minimum Gasteiger partial charge on any atom is -0.328 e. The molecule has 130 valence electrons. The van der Waals surface area contributed by atoms with Gasteiger partial charge in [-0.2, -0.15) is 5.10 Å². The van der Waals surface area contributed by atoms with Crippen LogP contribution in [0.1, 0.15) is 23.7 Å². The van der Waals surface area contributed by atoms with Gasteiger partial charge < -0.3 is 4.57 Å². The predicted molar refractivity (Wildman–Crippen MR) is 101 cm³/mol. The molecule has 26 heavy (non-hydrogen) atoms. The third kappa shape index (κ3) is 3.30. The number of hydrogen-bond acceptors (Lipinski definition) is 4. The lowest BCUT2D eigenvalue weighted by Gasteiger charge is -2.23. The molecule has 0 bridgehead atoms. The third-order valence-electron chi connectivity index (χ3n) is 4.27. The van der Waals surface area contributed by atoms with Crippen molar-refractivity contribution < 1.29 is 4.79 Å². The predicted octanol–water partition coefficient (Wildman–Crippen LogP) is 3.42. The van der Waals surface area contributed by atoms with Crippen molar-refractivity contribution in [3.63, 3.8) is 0 Å². The van der Waals surface area contributed by atoms with Gasteiger partial charge in [0.15, 0.2) is 0 Å². The molecule has 3 aromatic rings. The largest absolute Gasteiger partial charge is 0.328 e. The summed E-state index contributed by atoms with van der Waals surface area (Å²) in [6.07, 6.45) is 7.41. The van der Waals surface area contributed by atoms with Crippen LogP contribution in [0.3, 0.4) is 0 Å². The molecule has 0 fully saturated rings. The van der Waals surface area contributed by atoms with Crippen molar-refractivity contribution in [2.24, 2.45) is 5.10 Å². The molecule has 1 aliphatic rings. The fourth-order valence-corrected chi connectivity index (χ4v) is 3.57. The summed E-state index contributed by atoms with van der Waals surface area (Å²) < 4.78 is 2.70. The average molecular weight is 410 g/mol. The van der Waals surface area contributed by atoms with E-state index in [1.165, 1.54) is 0 Å². The Labute approximate surface area is 159 Å². The number of rotatable bonds is 4. The number of imidazole rings is 1. The fourth-order valence-electron chi connectivity index (χ4n) is 3.02. The summed E-state index contributed by atoms with van der Waals surface area (Å²) in [7, 11) is 0. The first-order chi connectivity index (χ1) is 12.7. The summed E-state index contributed by atoms with van der Waals surface area (Å²) in [5, 5.41) is 6.19. The second kappa shape index (κ2) is 7.21. The van der Waals surface area contributed by atoms with Gasteiger partial charge in [0.1, 0.15) is 6.54 Å². The minimum absolute atomic E-state index is 0.0883. The van der Waals surface area contributed by atoms with E-state index in [0.717, 1.165) is 21.4 Å². The highest BCUT2D eigenvalue weighted by Crippen LogP contribution is 2.36. The molecule has 2 aromatic heterocycles. The number of hydrazone groups is 1. The van der Waals surface area contributed by atoms with E-state index in [2.05, 4.69) is 31.0 Å². The summed E-state index contributed by atoms with van der Waals surface area (Å²) >= 11 is 3.60. The Morgan fingerprint density at radius 3 is 2.73 bits per heavy atom. The van der Waals surface area contributed by atoms with Crippen LogP contribution in [0.5, 0.6) is 0 Å². The molecule has 4 rings (SSSR count). The lowest BCUT2D eigenvalue weighted by atomic mass is 10.0. The van der Waals surface area contributed by atoms with Crippen LogP contribution in [-0.4, -0.2) is 31.2 Å². The second-order valence-electron chi connectivity index (χ2n) is 5.98. The number of benzene rings is 1. The molecule has 1 unspecified atom stereocenters. The Balaban J connectivity index is 1.68. The maximum Gasteiger partial charge on any atom is 0.263 e. The van der Waals surface area contributed by atoms with E-state index in [1.807, 2.05) is 42.5 Å². The Morgan fingerprint density at radius 2 is 2.00 bits per heavy atom. The van der Waals surface area contributed by atoms with E-state index >= 15 is 0 Å². The van der Waals surface area contributed by atoms with Gasteiger partial charge in [-0.1, -0.05) is 40.2 Å². The summed E-state index contributed by atoms with van der Waals surface area (Å²) in [5.41, 5.74) is 2.63. The molecule has 0 radical (unpaired) electrons. The van der Waals surface area contributed by atoms with Gasteiger partial charge >= 0.3 is 0 Å². The van der Waals surface area contributed by atoms with Crippen LogP contribution >= 0.6 is 15.9 Å². The Morgan fingerprint density at radius 1 is 1.15 bits per heavy atom. The van der Waals surface area contributed by atoms with Crippen LogP contribution in [0.2, 0.25) is 0 Å². The normalized spacial score (nSPS) is 16.6. The number of halogens is 1. The van der Waals surface area contributed by atoms with Crippen LogP contribution < -0.4 is 0 Å². The number of carbonyl (C=O) groups excluding carboxylic acids is 1. The summed E-state index contributed by atoms with van der Waals surface area (Å²) in [6, 6.07) is 13.5. The van der Waals surface area contributed by atoms with Crippen LogP contribution in [0, 0.1) is 0 Å². The van der Waals surface area contributed by atoms with E-state index in [4.69, 9.17) is 0 Å². The first-order valence-corrected chi connectivity index (χ1v) is 9.03. The van der Waals surface area contributed by atoms with Gasteiger partial charge in [-0.05, 0) is 23.8 Å². The Bertz CT molecular complexity index is 940. The quantitative estimate of drug-likeness (QED) is 0.662. The zero-order valence-corrected chi connectivity index (χ0v) is 15.5. The van der Waals surface area contributed by atoms with Crippen LogP contribution in [0.4, 0.5) is 0 Å². The molecule has 6 nitrogen and oxygen atoms in total. The smallest absolute Gasteiger partial charge is 0.263 e. The molecule has 1 aromatic carbocycles. The van der Waals surface area contributed by atoms with Crippen molar-refractivity contribution in [2.45, 2.75) is 19.0 Å². The monoisotopic (exact) mass is 409 g/mol. The topological polar surface area (TPSA) is 63.4 Å². The van der Waals surface area contributed by atoms with E-state index in [0.29, 0.717) is 6.42 Å². The first kappa shape index (κ1) is 16.7. The molecule has 7 heteroatoms. The third-order valence-corrected chi connectivity index (χ3v) is 4.99. The van der Waals surface area contributed by atoms with E-state index < -0.39 is 0 Å². The summed E-state index contributed by atoms with van der Waals surface area (Å²) in [4.78, 5) is 21.3. The molecule has 1 aliphatic heterocycles. The fraction of sp³-hybridized carbons (Fsp3) is 0.158. The molecule has 0 N–H and O–H groups in total. The molecule has 0 saturated heterocycles. The SMILES string of the molecule is O=C(Cn1ccnc1)N1N=C(c2ccccn2)CC1c1ccccc1Br. The van der Waals surface area contributed by atoms with Gasteiger partial charge in [-0.25, -0.2) is 9.99 Å². The maximum atomic E-state index is 12.9. The van der Waals surface area contributed by atoms with E-state index in [-0.39, 0.29) is 18.5 Å². The Kier molecular flexibility index (Phi) is 4.62. The van der Waals surface area contributed by atoms with Gasteiger partial charge in [0.05, 0.1) is 23.8 Å². The van der Waals surface area contributed by atoms with Crippen molar-refractivity contribution in [2.75, 3.05) is 0 Å². The highest BCUT2D eigenvalue weighted by atomic mass is 79.9. The molecule has 1 amide bonds. The minimum atomic E-state index is -0.168. The Hall–Kier alpha value is -2.80. The van der Waals surface area contributed by atoms with Gasteiger partial charge in [0.2, 0.25) is 0 Å². The number of carbonyl (C=O) groups is 1. The standard InChI is InChI=1S/C19H16BrN5O/c20-15-6-2-1-5-14(15)18-11-17(16-7-3-4-8-22-16)23-25(18)19(26)12-24-10-9-21-13-24/h1-10,13,18H,11-12H2. The number of aromatic nitrogens is 3. The number of pyridine rings is 1. The average Bonchev–Trinajstić information content (AvgIpc) is 3.32. The highest BCUT2D eigenvalue weighted by molar-refractivity contribution is 9.10. The van der Waals surface area contributed by atoms with Crippen molar-refractivity contribution in [3.05, 3.63) is 83.1 Å². The lowest BCUT2D eigenvalue weighted by molar-refractivity contribution is -0.133. The molecule has 3 heterocycles. The van der Waals surface area contributed by atoms with Gasteiger partial charge in [0.25, 0.3) is 5.91 Å². The van der Waals surface area contributed by atoms with Crippen LogP contribution in [-0.2, 0) is 11.3 Å². The van der Waals surface area contributed by atoms with Crippen LogP contribution in [0.15, 0.2) is 77.0 Å². The first-order valence-electron chi connectivity index (χ1n) is 8.23. The van der Waals surface area contributed by atoms with Crippen LogP contribution in [0.25, 0.3) is 0 Å². The summed E-state index contributed by atoms with van der Waals surface area (Å²) in [6.45, 7) is 0.194. The summed E-state index contributed by atoms with van der Waals surface area (Å²) in [5.74, 6) is -0.0883. The molecule has 1 atom stereocenters. The maximum absolute atomic E-state index is 12.9. The zero-order valence-electron chi connectivity index (χ0n) is 13.9. The van der Waals surface area contributed by atoms with Gasteiger partial charge in [-0.15, -0.1) is 0 Å². The van der Waals surface area contributed by atoms with E-state index in [1.54, 1.807) is 34.5 Å². The molecule has 0 saturated carbocycles. The molecule has 0 aliphatic carbocycles. The molecular weight excluding hydrogens is 394 g/mol. The number of hydrogen-bond donors (Lipinski definition) is 0. The van der Waals surface area contributed by atoms with Crippen molar-refractivity contribution in [1.29, 1.82) is 0 Å². The molecule has 0 spiro atoms. The lowest BCUT2D eigenvalue weighted by Crippen LogP contribution is -2.30. The second-order valence-corrected chi connectivity index (χ2v) is 6.83. The van der Waals surface area contributed by atoms with Gasteiger partial charge in [0, 0.05) is 29.5 Å². The van der Waals surface area contributed by atoms with Crippen molar-refractivity contribution in [3.8, 4) is 0 Å². The van der Waals surface area contributed by atoms with Crippen molar-refractivity contribution >= 4 is 27.5 Å². The molecular formula is C19H16BrN5O. The highest BCUT2D eigenvalue weighted by Gasteiger charge is 2.34.